The van der Waals surface area contributed by atoms with Crippen molar-refractivity contribution in [2.24, 2.45) is 17.4 Å². The lowest BCUT2D eigenvalue weighted by Gasteiger charge is -2.14. The Kier molecular flexibility index (Phi) is 5.45. The van der Waals surface area contributed by atoms with Crippen LogP contribution in [0.5, 0.6) is 11.5 Å². The highest BCUT2D eigenvalue weighted by molar-refractivity contribution is 5.76. The highest BCUT2D eigenvalue weighted by Crippen LogP contribution is 2.24. The molecular formula is C13H20N2O3. The molecule has 1 aromatic rings. The van der Waals surface area contributed by atoms with Crippen LogP contribution in [0.1, 0.15) is 12.5 Å². The predicted octanol–water partition coefficient (Wildman–Crippen LogP) is 0.697. The second kappa shape index (κ2) is 6.86. The van der Waals surface area contributed by atoms with Gasteiger partial charge in [0.15, 0.2) is 0 Å². The van der Waals surface area contributed by atoms with Crippen molar-refractivity contribution in [1.82, 2.24) is 0 Å². The average molecular weight is 252 g/mol. The van der Waals surface area contributed by atoms with Crippen molar-refractivity contribution in [2.45, 2.75) is 13.3 Å². The fourth-order valence-corrected chi connectivity index (χ4v) is 1.47. The molecule has 100 valence electrons. The van der Waals surface area contributed by atoms with Gasteiger partial charge < -0.3 is 20.9 Å². The van der Waals surface area contributed by atoms with Gasteiger partial charge in [-0.25, -0.2) is 0 Å². The molecule has 0 aromatic heterocycles. The van der Waals surface area contributed by atoms with Crippen LogP contribution in [0.25, 0.3) is 0 Å². The van der Waals surface area contributed by atoms with Crippen LogP contribution >= 0.6 is 0 Å². The summed E-state index contributed by atoms with van der Waals surface area (Å²) in [5.74, 6) is 0.782. The molecule has 5 heteroatoms. The van der Waals surface area contributed by atoms with E-state index >= 15 is 0 Å². The third-order valence-electron chi connectivity index (χ3n) is 2.66. The van der Waals surface area contributed by atoms with E-state index in [9.17, 15) is 4.79 Å². The Bertz CT molecular complexity index is 407. The molecule has 0 heterocycles. The van der Waals surface area contributed by atoms with E-state index < -0.39 is 0 Å². The van der Waals surface area contributed by atoms with Crippen molar-refractivity contribution in [3.8, 4) is 11.5 Å². The van der Waals surface area contributed by atoms with Gasteiger partial charge >= 0.3 is 0 Å². The molecular weight excluding hydrogens is 232 g/mol. The van der Waals surface area contributed by atoms with E-state index in [1.165, 1.54) is 0 Å². The maximum atomic E-state index is 10.9. The normalized spacial score (nSPS) is 11.9. The van der Waals surface area contributed by atoms with Gasteiger partial charge in [-0.2, -0.15) is 0 Å². The molecule has 0 bridgehead atoms. The molecule has 4 N–H and O–H groups in total. The number of hydrogen-bond acceptors (Lipinski definition) is 4. The summed E-state index contributed by atoms with van der Waals surface area (Å²) in [6, 6.07) is 5.51. The molecule has 1 aromatic carbocycles. The van der Waals surface area contributed by atoms with E-state index in [2.05, 4.69) is 0 Å². The molecule has 1 atom stereocenters. The van der Waals surface area contributed by atoms with E-state index in [0.29, 0.717) is 18.7 Å². The van der Waals surface area contributed by atoms with E-state index in [4.69, 9.17) is 20.9 Å². The van der Waals surface area contributed by atoms with Gasteiger partial charge in [-0.15, -0.1) is 0 Å². The summed E-state index contributed by atoms with van der Waals surface area (Å²) in [4.78, 5) is 10.9. The fourth-order valence-electron chi connectivity index (χ4n) is 1.47. The number of benzene rings is 1. The van der Waals surface area contributed by atoms with Gasteiger partial charge in [-0.05, 0) is 36.7 Å². The monoisotopic (exact) mass is 252 g/mol. The number of rotatable bonds is 7. The fraction of sp³-hybridized carbons (Fsp3) is 0.462. The number of methoxy groups -OCH3 is 1. The largest absolute Gasteiger partial charge is 0.497 e. The van der Waals surface area contributed by atoms with Gasteiger partial charge in [-0.1, -0.05) is 6.92 Å². The number of ether oxygens (including phenoxy) is 2. The van der Waals surface area contributed by atoms with Crippen LogP contribution in [0.3, 0.4) is 0 Å². The molecule has 1 unspecified atom stereocenters. The Labute approximate surface area is 107 Å². The second-order valence-electron chi connectivity index (χ2n) is 4.13. The maximum absolute atomic E-state index is 10.9. The van der Waals surface area contributed by atoms with Gasteiger partial charge in [-0.3, -0.25) is 4.79 Å². The number of carbonyl (C=O) groups is 1. The minimum Gasteiger partial charge on any atom is -0.497 e. The standard InChI is InChI=1S/C13H20N2O3/c1-9(13(15)16)8-18-12-4-3-11(17-2)7-10(12)5-6-14/h3-4,7,9H,5-6,8,14H2,1-2H3,(H2,15,16). The van der Waals surface area contributed by atoms with Crippen LogP contribution in [0.4, 0.5) is 0 Å². The van der Waals surface area contributed by atoms with Gasteiger partial charge in [0.05, 0.1) is 19.6 Å². The zero-order valence-electron chi connectivity index (χ0n) is 10.8. The SMILES string of the molecule is COc1ccc(OCC(C)C(N)=O)c(CCN)c1. The first-order chi connectivity index (χ1) is 8.58. The summed E-state index contributed by atoms with van der Waals surface area (Å²) in [5.41, 5.74) is 11.7. The molecule has 5 nitrogen and oxygen atoms in total. The minimum atomic E-state index is -0.371. The molecule has 0 saturated heterocycles. The summed E-state index contributed by atoms with van der Waals surface area (Å²) in [6.07, 6.45) is 0.692. The molecule has 0 radical (unpaired) electrons. The average Bonchev–Trinajstić information content (AvgIpc) is 2.36. The van der Waals surface area contributed by atoms with Crippen molar-refractivity contribution in [3.05, 3.63) is 23.8 Å². The van der Waals surface area contributed by atoms with Crippen molar-refractivity contribution >= 4 is 5.91 Å². The van der Waals surface area contributed by atoms with Crippen molar-refractivity contribution in [3.63, 3.8) is 0 Å². The third-order valence-corrected chi connectivity index (χ3v) is 2.66. The lowest BCUT2D eigenvalue weighted by atomic mass is 10.1. The van der Waals surface area contributed by atoms with Crippen LogP contribution in [-0.4, -0.2) is 26.2 Å². The van der Waals surface area contributed by atoms with Crippen LogP contribution in [0.15, 0.2) is 18.2 Å². The summed E-state index contributed by atoms with van der Waals surface area (Å²) >= 11 is 0. The van der Waals surface area contributed by atoms with E-state index in [0.717, 1.165) is 11.3 Å². The van der Waals surface area contributed by atoms with Gasteiger partial charge in [0, 0.05) is 0 Å². The Hall–Kier alpha value is -1.75. The Morgan fingerprint density at radius 2 is 2.17 bits per heavy atom. The minimum absolute atomic E-state index is 0.263. The number of primary amides is 1. The molecule has 0 aliphatic carbocycles. The van der Waals surface area contributed by atoms with Crippen LogP contribution in [0, 0.1) is 5.92 Å². The van der Waals surface area contributed by atoms with Crippen LogP contribution in [-0.2, 0) is 11.2 Å². The smallest absolute Gasteiger partial charge is 0.223 e. The lowest BCUT2D eigenvalue weighted by Crippen LogP contribution is -2.26. The number of carbonyl (C=O) groups excluding carboxylic acids is 1. The second-order valence-corrected chi connectivity index (χ2v) is 4.13. The first kappa shape index (κ1) is 14.3. The molecule has 1 rings (SSSR count). The van der Waals surface area contributed by atoms with Gasteiger partial charge in [0.25, 0.3) is 0 Å². The Morgan fingerprint density at radius 1 is 1.44 bits per heavy atom. The zero-order chi connectivity index (χ0) is 13.5. The summed E-state index contributed by atoms with van der Waals surface area (Å²) < 4.78 is 10.7. The van der Waals surface area contributed by atoms with E-state index in [1.54, 1.807) is 14.0 Å². The van der Waals surface area contributed by atoms with Crippen molar-refractivity contribution < 1.29 is 14.3 Å². The Morgan fingerprint density at radius 3 is 2.72 bits per heavy atom. The van der Waals surface area contributed by atoms with E-state index in [1.807, 2.05) is 18.2 Å². The number of hydrogen-bond donors (Lipinski definition) is 2. The predicted molar refractivity (Wildman–Crippen MR) is 69.6 cm³/mol. The molecule has 0 saturated carbocycles. The number of nitrogens with two attached hydrogens (primary N) is 2. The highest BCUT2D eigenvalue weighted by atomic mass is 16.5. The van der Waals surface area contributed by atoms with Gasteiger partial charge in [0.2, 0.25) is 5.91 Å². The van der Waals surface area contributed by atoms with Crippen molar-refractivity contribution in [2.75, 3.05) is 20.3 Å². The maximum Gasteiger partial charge on any atom is 0.223 e. The number of amides is 1. The molecule has 0 spiro atoms. The molecule has 18 heavy (non-hydrogen) atoms. The van der Waals surface area contributed by atoms with Crippen LogP contribution < -0.4 is 20.9 Å². The Balaban J connectivity index is 2.77. The third kappa shape index (κ3) is 3.92. The molecule has 0 aliphatic heterocycles. The molecule has 0 aliphatic rings. The molecule has 0 fully saturated rings. The molecule has 1 amide bonds. The summed E-state index contributed by atoms with van der Waals surface area (Å²) in [7, 11) is 1.61. The first-order valence-corrected chi connectivity index (χ1v) is 5.87. The zero-order valence-corrected chi connectivity index (χ0v) is 10.8. The summed E-state index contributed by atoms with van der Waals surface area (Å²) in [5, 5.41) is 0. The quantitative estimate of drug-likeness (QED) is 0.747. The van der Waals surface area contributed by atoms with Gasteiger partial charge in [0.1, 0.15) is 11.5 Å². The topological polar surface area (TPSA) is 87.6 Å². The lowest BCUT2D eigenvalue weighted by molar-refractivity contribution is -0.122. The van der Waals surface area contributed by atoms with E-state index in [-0.39, 0.29) is 18.4 Å². The highest BCUT2D eigenvalue weighted by Gasteiger charge is 2.11. The van der Waals surface area contributed by atoms with Crippen LogP contribution in [0.2, 0.25) is 0 Å². The first-order valence-electron chi connectivity index (χ1n) is 5.87. The van der Waals surface area contributed by atoms with Crippen molar-refractivity contribution in [1.29, 1.82) is 0 Å². The summed E-state index contributed by atoms with van der Waals surface area (Å²) in [6.45, 7) is 2.52.